The molecule has 0 amide bonds. The zero-order valence-corrected chi connectivity index (χ0v) is 17.1. The third-order valence-corrected chi connectivity index (χ3v) is 3.94. The van der Waals surface area contributed by atoms with Crippen molar-refractivity contribution in [1.82, 2.24) is 10.2 Å². The van der Waals surface area contributed by atoms with Crippen LogP contribution in [0, 0.1) is 0 Å². The fraction of sp³-hybridized carbons (Fsp3) is 0.500. The Bertz CT molecular complexity index is 544. The van der Waals surface area contributed by atoms with Gasteiger partial charge < -0.3 is 19.7 Å². The van der Waals surface area contributed by atoms with Gasteiger partial charge in [0.25, 0.3) is 0 Å². The summed E-state index contributed by atoms with van der Waals surface area (Å²) in [5, 5.41) is 3.43. The van der Waals surface area contributed by atoms with Gasteiger partial charge >= 0.3 is 0 Å². The van der Waals surface area contributed by atoms with E-state index in [1.165, 1.54) is 11.1 Å². The van der Waals surface area contributed by atoms with Crippen LogP contribution in [0.1, 0.15) is 18.4 Å². The zero-order valence-electron chi connectivity index (χ0n) is 14.7. The molecule has 0 bridgehead atoms. The summed E-state index contributed by atoms with van der Waals surface area (Å²) in [6.07, 6.45) is 4.27. The maximum Gasteiger partial charge on any atom is 0.193 e. The monoisotopic (exact) mass is 445 g/mol. The van der Waals surface area contributed by atoms with Gasteiger partial charge in [-0.2, -0.15) is 0 Å². The summed E-state index contributed by atoms with van der Waals surface area (Å²) < 4.78 is 10.5. The van der Waals surface area contributed by atoms with Gasteiger partial charge in [0.05, 0.1) is 20.3 Å². The van der Waals surface area contributed by atoms with Gasteiger partial charge in [-0.15, -0.1) is 24.0 Å². The van der Waals surface area contributed by atoms with Crippen molar-refractivity contribution in [1.29, 1.82) is 0 Å². The molecule has 0 atom stereocenters. The van der Waals surface area contributed by atoms with Crippen molar-refractivity contribution in [3.8, 4) is 5.75 Å². The fourth-order valence-corrected chi connectivity index (χ4v) is 2.59. The van der Waals surface area contributed by atoms with E-state index in [9.17, 15) is 0 Å². The number of methoxy groups -OCH3 is 1. The van der Waals surface area contributed by atoms with E-state index < -0.39 is 0 Å². The van der Waals surface area contributed by atoms with E-state index >= 15 is 0 Å². The van der Waals surface area contributed by atoms with Crippen molar-refractivity contribution in [3.63, 3.8) is 0 Å². The molecule has 0 aliphatic carbocycles. The second-order valence-corrected chi connectivity index (χ2v) is 5.62. The third-order valence-electron chi connectivity index (χ3n) is 3.94. The second kappa shape index (κ2) is 11.3. The zero-order chi connectivity index (χ0) is 16.5. The number of guanidine groups is 1. The Morgan fingerprint density at radius 1 is 1.33 bits per heavy atom. The highest BCUT2D eigenvalue weighted by Crippen LogP contribution is 2.13. The number of nitrogens with zero attached hydrogens (tertiary/aromatic N) is 2. The largest absolute Gasteiger partial charge is 0.497 e. The first-order valence-electron chi connectivity index (χ1n) is 8.03. The number of ether oxygens (including phenoxy) is 2. The van der Waals surface area contributed by atoms with E-state index in [1.807, 2.05) is 26.2 Å². The van der Waals surface area contributed by atoms with Crippen LogP contribution in [0.5, 0.6) is 5.75 Å². The predicted molar refractivity (Wildman–Crippen MR) is 109 cm³/mol. The molecule has 24 heavy (non-hydrogen) atoms. The lowest BCUT2D eigenvalue weighted by Gasteiger charge is -2.23. The summed E-state index contributed by atoms with van der Waals surface area (Å²) >= 11 is 0. The standard InChI is InChI=1S/C18H27N3O2.HI/c1-19-18(20-11-8-15-9-12-23-13-10-15)21(2)14-16-4-6-17(22-3)7-5-16;/h4-7,9H,8,10-14H2,1-3H3,(H,19,20);1H. The SMILES string of the molecule is CN=C(NCCC1=CCOCC1)N(C)Cc1ccc(OC)cc1.I. The molecular formula is C18H28IN3O2. The Labute approximate surface area is 162 Å². The Morgan fingerprint density at radius 3 is 2.67 bits per heavy atom. The van der Waals surface area contributed by atoms with Gasteiger partial charge in [-0.1, -0.05) is 23.8 Å². The predicted octanol–water partition coefficient (Wildman–Crippen LogP) is 3.06. The van der Waals surface area contributed by atoms with E-state index in [-0.39, 0.29) is 24.0 Å². The quantitative estimate of drug-likeness (QED) is 0.317. The molecular weight excluding hydrogens is 417 g/mol. The average molecular weight is 445 g/mol. The van der Waals surface area contributed by atoms with Crippen molar-refractivity contribution in [3.05, 3.63) is 41.5 Å². The summed E-state index contributed by atoms with van der Waals surface area (Å²) in [7, 11) is 5.55. The molecule has 0 radical (unpaired) electrons. The molecule has 0 saturated heterocycles. The number of halogens is 1. The van der Waals surface area contributed by atoms with Gasteiger partial charge in [0.15, 0.2) is 5.96 Å². The van der Waals surface area contributed by atoms with Gasteiger partial charge in [0.1, 0.15) is 5.75 Å². The van der Waals surface area contributed by atoms with Crippen molar-refractivity contribution in [2.75, 3.05) is 41.0 Å². The van der Waals surface area contributed by atoms with E-state index in [0.717, 1.165) is 50.9 Å². The highest BCUT2D eigenvalue weighted by molar-refractivity contribution is 14.0. The first-order chi connectivity index (χ1) is 11.2. The van der Waals surface area contributed by atoms with Crippen LogP contribution in [0.3, 0.4) is 0 Å². The summed E-state index contributed by atoms with van der Waals surface area (Å²) in [4.78, 5) is 6.49. The molecule has 2 rings (SSSR count). The van der Waals surface area contributed by atoms with Crippen LogP contribution in [-0.4, -0.2) is 51.8 Å². The molecule has 1 aromatic carbocycles. The molecule has 0 unspecified atom stereocenters. The third kappa shape index (κ3) is 6.68. The average Bonchev–Trinajstić information content (AvgIpc) is 2.60. The molecule has 0 spiro atoms. The highest BCUT2D eigenvalue weighted by Gasteiger charge is 2.08. The van der Waals surface area contributed by atoms with Gasteiger partial charge in [-0.25, -0.2) is 0 Å². The summed E-state index contributed by atoms with van der Waals surface area (Å²) in [5.74, 6) is 1.79. The minimum absolute atomic E-state index is 0. The Morgan fingerprint density at radius 2 is 2.08 bits per heavy atom. The number of aliphatic imine (C=N–C) groups is 1. The molecule has 134 valence electrons. The van der Waals surface area contributed by atoms with Crippen LogP contribution >= 0.6 is 24.0 Å². The van der Waals surface area contributed by atoms with Crippen LogP contribution in [-0.2, 0) is 11.3 Å². The Balaban J connectivity index is 0.00000288. The molecule has 0 fully saturated rings. The number of nitrogens with one attached hydrogen (secondary N) is 1. The highest BCUT2D eigenvalue weighted by atomic mass is 127. The first kappa shape index (κ1) is 20.8. The van der Waals surface area contributed by atoms with Crippen LogP contribution in [0.25, 0.3) is 0 Å². The number of benzene rings is 1. The molecule has 6 heteroatoms. The van der Waals surface area contributed by atoms with Crippen LogP contribution in [0.2, 0.25) is 0 Å². The smallest absolute Gasteiger partial charge is 0.193 e. The molecule has 0 saturated carbocycles. The van der Waals surface area contributed by atoms with Crippen LogP contribution < -0.4 is 10.1 Å². The summed E-state index contributed by atoms with van der Waals surface area (Å²) in [6.45, 7) is 3.30. The molecule has 1 heterocycles. The van der Waals surface area contributed by atoms with Gasteiger partial charge in [0, 0.05) is 27.2 Å². The molecule has 1 aromatic rings. The van der Waals surface area contributed by atoms with Gasteiger partial charge in [-0.05, 0) is 30.5 Å². The topological polar surface area (TPSA) is 46.1 Å². The fourth-order valence-electron chi connectivity index (χ4n) is 2.59. The molecule has 0 aromatic heterocycles. The molecule has 1 aliphatic heterocycles. The maximum absolute atomic E-state index is 5.33. The van der Waals surface area contributed by atoms with E-state index in [2.05, 4.69) is 33.4 Å². The molecule has 1 N–H and O–H groups in total. The lowest BCUT2D eigenvalue weighted by molar-refractivity contribution is 0.153. The summed E-state index contributed by atoms with van der Waals surface area (Å²) in [5.41, 5.74) is 2.69. The van der Waals surface area contributed by atoms with Crippen molar-refractivity contribution in [2.24, 2.45) is 4.99 Å². The lowest BCUT2D eigenvalue weighted by Crippen LogP contribution is -2.39. The van der Waals surface area contributed by atoms with E-state index in [4.69, 9.17) is 9.47 Å². The number of hydrogen-bond donors (Lipinski definition) is 1. The molecule has 1 aliphatic rings. The van der Waals surface area contributed by atoms with Gasteiger partial charge in [-0.3, -0.25) is 4.99 Å². The first-order valence-corrected chi connectivity index (χ1v) is 8.03. The minimum atomic E-state index is 0. The van der Waals surface area contributed by atoms with E-state index in [1.54, 1.807) is 7.11 Å². The van der Waals surface area contributed by atoms with Crippen molar-refractivity contribution in [2.45, 2.75) is 19.4 Å². The maximum atomic E-state index is 5.33. The minimum Gasteiger partial charge on any atom is -0.497 e. The second-order valence-electron chi connectivity index (χ2n) is 5.62. The normalized spacial score (nSPS) is 14.5. The Hall–Kier alpha value is -1.28. The van der Waals surface area contributed by atoms with Crippen LogP contribution in [0.15, 0.2) is 40.9 Å². The number of rotatable bonds is 6. The Kier molecular flexibility index (Phi) is 9.78. The molecule has 5 nitrogen and oxygen atoms in total. The van der Waals surface area contributed by atoms with E-state index in [0.29, 0.717) is 0 Å². The summed E-state index contributed by atoms with van der Waals surface area (Å²) in [6, 6.07) is 8.12. The van der Waals surface area contributed by atoms with Crippen LogP contribution in [0.4, 0.5) is 0 Å². The van der Waals surface area contributed by atoms with Crippen molar-refractivity contribution >= 4 is 29.9 Å². The number of hydrogen-bond acceptors (Lipinski definition) is 3. The van der Waals surface area contributed by atoms with Crippen molar-refractivity contribution < 1.29 is 9.47 Å². The lowest BCUT2D eigenvalue weighted by atomic mass is 10.1. The van der Waals surface area contributed by atoms with Gasteiger partial charge in [0.2, 0.25) is 0 Å².